The van der Waals surface area contributed by atoms with E-state index in [4.69, 9.17) is 0 Å². The van der Waals surface area contributed by atoms with Gasteiger partial charge in [-0.05, 0) is 103 Å². The number of rotatable bonds is 3. The summed E-state index contributed by atoms with van der Waals surface area (Å²) in [5.74, 6) is 0. The van der Waals surface area contributed by atoms with Crippen LogP contribution in [0.5, 0.6) is 0 Å². The fourth-order valence-corrected chi connectivity index (χ4v) is 12.5. The summed E-state index contributed by atoms with van der Waals surface area (Å²) in [6, 6.07) is 57.3. The van der Waals surface area contributed by atoms with E-state index >= 15 is 0 Å². The lowest BCUT2D eigenvalue weighted by atomic mass is 9.57. The normalized spacial score (nSPS) is 15.0. The lowest BCUT2D eigenvalue weighted by Crippen LogP contribution is -2.39. The maximum absolute atomic E-state index is 4.05. The first-order valence-corrected chi connectivity index (χ1v) is 21.4. The van der Waals surface area contributed by atoms with Crippen molar-refractivity contribution >= 4 is 82.9 Å². The van der Waals surface area contributed by atoms with Crippen LogP contribution in [0, 0.1) is 0 Å². The average Bonchev–Trinajstić information content (AvgIpc) is 3.92. The Hall–Kier alpha value is -6.36. The van der Waals surface area contributed by atoms with E-state index in [-0.39, 0.29) is 10.8 Å². The first-order chi connectivity index (χ1) is 28.3. The molecule has 13 rings (SSSR count). The second-order valence-corrected chi connectivity index (χ2v) is 18.8. The smallest absolute Gasteiger partial charge is 0.198 e. The fourth-order valence-electron chi connectivity index (χ4n) is 11.3. The summed E-state index contributed by atoms with van der Waals surface area (Å²) in [5, 5.41) is 9.22. The topological polar surface area (TPSA) is 17.0 Å². The summed E-state index contributed by atoms with van der Waals surface area (Å²) in [4.78, 5) is 0. The molecule has 1 N–H and O–H groups in total. The van der Waals surface area contributed by atoms with Crippen LogP contribution >= 0.6 is 11.3 Å². The van der Waals surface area contributed by atoms with Gasteiger partial charge in [-0.15, -0.1) is 11.3 Å². The van der Waals surface area contributed by atoms with Gasteiger partial charge in [0.2, 0.25) is 0 Å². The maximum Gasteiger partial charge on any atom is 0.198 e. The lowest BCUT2D eigenvalue weighted by Gasteiger charge is -2.32. The highest BCUT2D eigenvalue weighted by molar-refractivity contribution is 7.26. The van der Waals surface area contributed by atoms with E-state index in [0.29, 0.717) is 0 Å². The zero-order valence-corrected chi connectivity index (χ0v) is 33.8. The molecular weight excluding hydrogens is 719 g/mol. The van der Waals surface area contributed by atoms with Crippen LogP contribution in [-0.4, -0.2) is 11.8 Å². The van der Waals surface area contributed by atoms with Crippen molar-refractivity contribution in [3.8, 4) is 39.1 Å². The van der Waals surface area contributed by atoms with E-state index in [1.165, 1.54) is 114 Å². The molecule has 0 fully saturated rings. The third-order valence-corrected chi connectivity index (χ3v) is 15.1. The van der Waals surface area contributed by atoms with Crippen molar-refractivity contribution < 1.29 is 0 Å². The Morgan fingerprint density at radius 2 is 1.19 bits per heavy atom. The number of aromatic nitrogens is 1. The molecular formula is C54H39BN2S. The van der Waals surface area contributed by atoms with Gasteiger partial charge in [0.1, 0.15) is 0 Å². The minimum absolute atomic E-state index is 0.0816. The van der Waals surface area contributed by atoms with E-state index < -0.39 is 0 Å². The first kappa shape index (κ1) is 32.7. The maximum atomic E-state index is 4.05. The number of nitrogens with one attached hydrogen (secondary N) is 1. The number of thiophene rings is 1. The second kappa shape index (κ2) is 11.2. The van der Waals surface area contributed by atoms with Crippen molar-refractivity contribution in [2.45, 2.75) is 38.5 Å². The van der Waals surface area contributed by atoms with Crippen LogP contribution < -0.4 is 16.2 Å². The molecule has 1 aliphatic heterocycles. The lowest BCUT2D eigenvalue weighted by molar-refractivity contribution is 0.657. The molecule has 0 bridgehead atoms. The summed E-state index contributed by atoms with van der Waals surface area (Å²) in [7, 11) is 0.870. The Kier molecular flexibility index (Phi) is 6.31. The largest absolute Gasteiger partial charge is 0.355 e. The number of fused-ring (bicyclic) bond motifs is 15. The molecule has 0 unspecified atom stereocenters. The van der Waals surface area contributed by atoms with Gasteiger partial charge >= 0.3 is 0 Å². The first-order valence-electron chi connectivity index (χ1n) is 20.6. The molecule has 2 aliphatic carbocycles. The molecule has 274 valence electrons. The standard InChI is InChI=1S/C54H39BN2S/c1-53(2)41-20-10-7-16-33(41)35-25-24-32(28-43(35)53)56-45-27-31-15-6-5-14-30(31)26-38(45)40-29-39-34-17-8-11-21-42(34)54(3,4)47(39)51-48(40)55-44-22-13-19-37-49(44)57(51)50-36-18-9-12-23-46(36)58-52(37)50/h5-29,55-56H,1-4H3. The molecule has 58 heavy (non-hydrogen) atoms. The van der Waals surface area contributed by atoms with E-state index in [1.54, 1.807) is 0 Å². The van der Waals surface area contributed by atoms with Gasteiger partial charge in [-0.3, -0.25) is 0 Å². The van der Waals surface area contributed by atoms with Crippen LogP contribution in [0.3, 0.4) is 0 Å². The van der Waals surface area contributed by atoms with Crippen molar-refractivity contribution in [3.05, 3.63) is 174 Å². The van der Waals surface area contributed by atoms with E-state index in [2.05, 4.69) is 189 Å². The predicted molar refractivity (Wildman–Crippen MR) is 250 cm³/mol. The molecule has 0 atom stereocenters. The van der Waals surface area contributed by atoms with Gasteiger partial charge < -0.3 is 9.88 Å². The number of hydrogen-bond acceptors (Lipinski definition) is 2. The van der Waals surface area contributed by atoms with Crippen LogP contribution in [0.25, 0.3) is 81.0 Å². The van der Waals surface area contributed by atoms with Gasteiger partial charge in [0.25, 0.3) is 0 Å². The highest BCUT2D eigenvalue weighted by Crippen LogP contribution is 2.55. The average molecular weight is 759 g/mol. The number of nitrogens with zero attached hydrogens (tertiary/aromatic N) is 1. The van der Waals surface area contributed by atoms with Crippen LogP contribution in [-0.2, 0) is 10.8 Å². The monoisotopic (exact) mass is 758 g/mol. The molecule has 8 aromatic carbocycles. The Morgan fingerprint density at radius 3 is 2.02 bits per heavy atom. The minimum Gasteiger partial charge on any atom is -0.355 e. The van der Waals surface area contributed by atoms with E-state index in [9.17, 15) is 0 Å². The van der Waals surface area contributed by atoms with Crippen LogP contribution in [0.2, 0.25) is 0 Å². The van der Waals surface area contributed by atoms with Crippen LogP contribution in [0.15, 0.2) is 152 Å². The number of para-hydroxylation sites is 1. The summed E-state index contributed by atoms with van der Waals surface area (Å²) in [6.07, 6.45) is 0. The zero-order valence-electron chi connectivity index (χ0n) is 33.0. The Labute approximate surface area is 342 Å². The van der Waals surface area contributed by atoms with Crippen molar-refractivity contribution in [1.29, 1.82) is 0 Å². The third-order valence-electron chi connectivity index (χ3n) is 13.9. The fraction of sp³-hybridized carbons (Fsp3) is 0.111. The van der Waals surface area contributed by atoms with Crippen molar-refractivity contribution in [3.63, 3.8) is 0 Å². The van der Waals surface area contributed by atoms with Crippen LogP contribution in [0.4, 0.5) is 11.4 Å². The van der Waals surface area contributed by atoms with Gasteiger partial charge in [0.05, 0.1) is 10.2 Å². The number of hydrogen-bond donors (Lipinski definition) is 1. The van der Waals surface area contributed by atoms with Gasteiger partial charge in [0, 0.05) is 54.4 Å². The molecule has 0 amide bonds. The SMILES string of the molecule is CC1(C)c2ccccc2-c2ccc(Nc3cc4ccccc4cc3-c3cc4c(c5c3Bc3cccc6c7sc8ccccc8c7n-5c36)C(C)(C)c3ccccc3-4)cc21. The van der Waals surface area contributed by atoms with Gasteiger partial charge in [-0.25, -0.2) is 0 Å². The summed E-state index contributed by atoms with van der Waals surface area (Å²) in [5.41, 5.74) is 22.3. The number of benzene rings is 8. The van der Waals surface area contributed by atoms with Gasteiger partial charge in [-0.1, -0.05) is 148 Å². The quantitative estimate of drug-likeness (QED) is 0.178. The summed E-state index contributed by atoms with van der Waals surface area (Å²) < 4.78 is 5.42. The summed E-state index contributed by atoms with van der Waals surface area (Å²) >= 11 is 1.94. The predicted octanol–water partition coefficient (Wildman–Crippen LogP) is 12.9. The molecule has 0 radical (unpaired) electrons. The van der Waals surface area contributed by atoms with E-state index in [1.807, 2.05) is 11.3 Å². The molecule has 2 nitrogen and oxygen atoms in total. The van der Waals surface area contributed by atoms with Gasteiger partial charge in [0.15, 0.2) is 7.28 Å². The summed E-state index contributed by atoms with van der Waals surface area (Å²) in [6.45, 7) is 9.61. The molecule has 10 aromatic rings. The molecule has 0 saturated carbocycles. The van der Waals surface area contributed by atoms with Gasteiger partial charge in [-0.2, -0.15) is 0 Å². The number of anilines is 2. The van der Waals surface area contributed by atoms with Crippen LogP contribution in [0.1, 0.15) is 49.9 Å². The van der Waals surface area contributed by atoms with Crippen molar-refractivity contribution in [1.82, 2.24) is 4.57 Å². The highest BCUT2D eigenvalue weighted by atomic mass is 32.1. The third kappa shape index (κ3) is 4.13. The Bertz CT molecular complexity index is 3470. The molecule has 2 aromatic heterocycles. The highest BCUT2D eigenvalue weighted by Gasteiger charge is 2.42. The minimum atomic E-state index is -0.186. The molecule has 0 spiro atoms. The van der Waals surface area contributed by atoms with Crippen molar-refractivity contribution in [2.75, 3.05) is 5.32 Å². The molecule has 3 aliphatic rings. The molecule has 0 saturated heterocycles. The molecule has 4 heteroatoms. The Balaban J connectivity index is 1.12. The Morgan fingerprint density at radius 1 is 0.517 bits per heavy atom. The molecule has 3 heterocycles. The van der Waals surface area contributed by atoms with E-state index in [0.717, 1.165) is 18.7 Å². The van der Waals surface area contributed by atoms with Crippen molar-refractivity contribution in [2.24, 2.45) is 0 Å². The zero-order chi connectivity index (χ0) is 38.7. The second-order valence-electron chi connectivity index (χ2n) is 17.7.